The highest BCUT2D eigenvalue weighted by molar-refractivity contribution is 5.93. The Hall–Kier alpha value is -2.09. The van der Waals surface area contributed by atoms with Crippen LogP contribution in [0.5, 0.6) is 0 Å². The molecule has 4 heterocycles. The molecule has 4 rings (SSSR count). The fourth-order valence-corrected chi connectivity index (χ4v) is 3.65. The van der Waals surface area contributed by atoms with Gasteiger partial charge in [-0.05, 0) is 6.42 Å². The lowest BCUT2D eigenvalue weighted by molar-refractivity contribution is -0.128. The summed E-state index contributed by atoms with van der Waals surface area (Å²) in [5.41, 5.74) is 0.880. The van der Waals surface area contributed by atoms with Crippen molar-refractivity contribution in [2.75, 3.05) is 57.8 Å². The smallest absolute Gasteiger partial charge is 0.324 e. The second kappa shape index (κ2) is 6.08. The molecule has 0 aromatic carbocycles. The van der Waals surface area contributed by atoms with E-state index in [0.717, 1.165) is 57.9 Å². The minimum Gasteiger partial charge on any atom is -0.341 e. The summed E-state index contributed by atoms with van der Waals surface area (Å²) in [6.45, 7) is 6.08. The third kappa shape index (κ3) is 2.75. The summed E-state index contributed by atoms with van der Waals surface area (Å²) in [6, 6.07) is 0.406. The molecule has 3 aliphatic rings. The van der Waals surface area contributed by atoms with Gasteiger partial charge in [-0.3, -0.25) is 19.3 Å². The number of likely N-dealkylation sites (N-methyl/N-ethyl adjacent to an activating group) is 1. The largest absolute Gasteiger partial charge is 0.341 e. The van der Waals surface area contributed by atoms with Gasteiger partial charge in [0, 0.05) is 65.5 Å². The zero-order valence-corrected chi connectivity index (χ0v) is 14.1. The third-order valence-electron chi connectivity index (χ3n) is 5.29. The fraction of sp³-hybridized carbons (Fsp3) is 0.688. The quantitative estimate of drug-likeness (QED) is 0.774. The van der Waals surface area contributed by atoms with Crippen LogP contribution in [-0.2, 0) is 4.79 Å². The lowest BCUT2D eigenvalue weighted by Gasteiger charge is -2.39. The van der Waals surface area contributed by atoms with Gasteiger partial charge in [0.2, 0.25) is 5.91 Å². The summed E-state index contributed by atoms with van der Waals surface area (Å²) >= 11 is 0. The number of carbonyl (C=O) groups excluding carboxylic acids is 2. The van der Waals surface area contributed by atoms with E-state index in [9.17, 15) is 9.59 Å². The third-order valence-corrected chi connectivity index (χ3v) is 5.29. The number of amides is 3. The van der Waals surface area contributed by atoms with Crippen molar-refractivity contribution in [1.82, 2.24) is 24.5 Å². The monoisotopic (exact) mass is 332 g/mol. The number of nitrogens with zero attached hydrogens (tertiary/aromatic N) is 6. The van der Waals surface area contributed by atoms with Crippen LogP contribution >= 0.6 is 0 Å². The number of hydrogen-bond donors (Lipinski definition) is 0. The molecule has 0 bridgehead atoms. The Balaban J connectivity index is 1.27. The van der Waals surface area contributed by atoms with Crippen LogP contribution in [0, 0.1) is 0 Å². The van der Waals surface area contributed by atoms with Gasteiger partial charge < -0.3 is 9.80 Å². The molecule has 0 saturated carbocycles. The first-order valence-corrected chi connectivity index (χ1v) is 8.69. The van der Waals surface area contributed by atoms with E-state index >= 15 is 0 Å². The number of likely N-dealkylation sites (tertiary alicyclic amines) is 2. The van der Waals surface area contributed by atoms with E-state index in [0.29, 0.717) is 18.4 Å². The SMILES string of the molecule is CN1CCN(c2cnn(C3CN(CCN4CCCC4=O)C3)c2)C1=O. The Bertz CT molecular complexity index is 638. The number of urea groups is 1. The number of anilines is 1. The molecule has 0 unspecified atom stereocenters. The van der Waals surface area contributed by atoms with Gasteiger partial charge >= 0.3 is 6.03 Å². The van der Waals surface area contributed by atoms with Crippen molar-refractivity contribution in [1.29, 1.82) is 0 Å². The zero-order valence-electron chi connectivity index (χ0n) is 14.1. The van der Waals surface area contributed by atoms with Gasteiger partial charge in [-0.25, -0.2) is 4.79 Å². The predicted molar refractivity (Wildman–Crippen MR) is 88.9 cm³/mol. The molecule has 0 spiro atoms. The van der Waals surface area contributed by atoms with Crippen molar-refractivity contribution < 1.29 is 9.59 Å². The first-order valence-electron chi connectivity index (χ1n) is 8.69. The molecule has 130 valence electrons. The van der Waals surface area contributed by atoms with Gasteiger partial charge in [0.1, 0.15) is 0 Å². The molecule has 1 aromatic heterocycles. The molecular formula is C16H24N6O2. The number of aromatic nitrogens is 2. The van der Waals surface area contributed by atoms with Crippen LogP contribution in [0.4, 0.5) is 10.5 Å². The van der Waals surface area contributed by atoms with E-state index in [1.54, 1.807) is 16.0 Å². The van der Waals surface area contributed by atoms with Crippen molar-refractivity contribution in [3.63, 3.8) is 0 Å². The van der Waals surface area contributed by atoms with E-state index in [1.807, 2.05) is 22.8 Å². The Morgan fingerprint density at radius 2 is 2.00 bits per heavy atom. The van der Waals surface area contributed by atoms with Crippen LogP contribution < -0.4 is 4.90 Å². The van der Waals surface area contributed by atoms with Crippen molar-refractivity contribution in [2.45, 2.75) is 18.9 Å². The summed E-state index contributed by atoms with van der Waals surface area (Å²) in [7, 11) is 1.82. The average molecular weight is 332 g/mol. The fourth-order valence-electron chi connectivity index (χ4n) is 3.65. The molecule has 8 heteroatoms. The summed E-state index contributed by atoms with van der Waals surface area (Å²) in [5.74, 6) is 0.295. The number of rotatable bonds is 5. The maximum Gasteiger partial charge on any atom is 0.324 e. The molecule has 24 heavy (non-hydrogen) atoms. The predicted octanol–water partition coefficient (Wildman–Crippen LogP) is 0.234. The van der Waals surface area contributed by atoms with Crippen LogP contribution in [0.25, 0.3) is 0 Å². The Morgan fingerprint density at radius 1 is 1.17 bits per heavy atom. The minimum absolute atomic E-state index is 0.0417. The highest BCUT2D eigenvalue weighted by Gasteiger charge is 2.32. The molecular weight excluding hydrogens is 308 g/mol. The Kier molecular flexibility index (Phi) is 3.91. The van der Waals surface area contributed by atoms with Crippen LogP contribution in [0.2, 0.25) is 0 Å². The number of carbonyl (C=O) groups is 2. The first-order chi connectivity index (χ1) is 11.6. The Morgan fingerprint density at radius 3 is 2.67 bits per heavy atom. The molecule has 0 atom stereocenters. The zero-order chi connectivity index (χ0) is 16.7. The average Bonchev–Trinajstić information content (AvgIpc) is 3.22. The van der Waals surface area contributed by atoms with Crippen molar-refractivity contribution in [2.24, 2.45) is 0 Å². The standard InChI is InChI=1S/C16H24N6O2/c1-18-5-8-21(16(18)24)13-9-17-22(12-13)14-10-19(11-14)6-7-20-4-2-3-15(20)23/h9,12,14H,2-8,10-11H2,1H3. The van der Waals surface area contributed by atoms with Crippen LogP contribution in [0.3, 0.4) is 0 Å². The summed E-state index contributed by atoms with van der Waals surface area (Å²) < 4.78 is 1.97. The normalized spacial score (nSPS) is 22.8. The van der Waals surface area contributed by atoms with E-state index in [-0.39, 0.29) is 6.03 Å². The minimum atomic E-state index is 0.0417. The molecule has 0 aliphatic carbocycles. The highest BCUT2D eigenvalue weighted by atomic mass is 16.2. The van der Waals surface area contributed by atoms with Crippen molar-refractivity contribution in [3.8, 4) is 0 Å². The highest BCUT2D eigenvalue weighted by Crippen LogP contribution is 2.25. The van der Waals surface area contributed by atoms with E-state index < -0.39 is 0 Å². The van der Waals surface area contributed by atoms with Crippen molar-refractivity contribution >= 4 is 17.6 Å². The van der Waals surface area contributed by atoms with Gasteiger partial charge in [0.25, 0.3) is 0 Å². The van der Waals surface area contributed by atoms with Gasteiger partial charge in [0.15, 0.2) is 0 Å². The summed E-state index contributed by atoms with van der Waals surface area (Å²) in [4.78, 5) is 31.5. The number of hydrogen-bond acceptors (Lipinski definition) is 4. The summed E-state index contributed by atoms with van der Waals surface area (Å²) in [6.07, 6.45) is 5.47. The van der Waals surface area contributed by atoms with Gasteiger partial charge in [0.05, 0.1) is 17.9 Å². The lowest BCUT2D eigenvalue weighted by Crippen LogP contribution is -2.50. The summed E-state index contributed by atoms with van der Waals surface area (Å²) in [5, 5.41) is 4.44. The Labute approximate surface area is 141 Å². The van der Waals surface area contributed by atoms with Crippen LogP contribution in [0.15, 0.2) is 12.4 Å². The molecule has 0 N–H and O–H groups in total. The van der Waals surface area contributed by atoms with E-state index in [4.69, 9.17) is 0 Å². The van der Waals surface area contributed by atoms with E-state index in [2.05, 4.69) is 10.00 Å². The lowest BCUT2D eigenvalue weighted by atomic mass is 10.1. The van der Waals surface area contributed by atoms with Gasteiger partial charge in [-0.15, -0.1) is 0 Å². The molecule has 3 saturated heterocycles. The second-order valence-electron chi connectivity index (χ2n) is 6.93. The van der Waals surface area contributed by atoms with Crippen LogP contribution in [0.1, 0.15) is 18.9 Å². The molecule has 3 amide bonds. The first kappa shape index (κ1) is 15.4. The molecule has 0 radical (unpaired) electrons. The van der Waals surface area contributed by atoms with Gasteiger partial charge in [-0.2, -0.15) is 5.10 Å². The van der Waals surface area contributed by atoms with E-state index in [1.165, 1.54) is 0 Å². The molecule has 3 aliphatic heterocycles. The van der Waals surface area contributed by atoms with Crippen LogP contribution in [-0.4, -0.2) is 89.3 Å². The molecule has 1 aromatic rings. The topological polar surface area (TPSA) is 64.9 Å². The van der Waals surface area contributed by atoms with Crippen molar-refractivity contribution in [3.05, 3.63) is 12.4 Å². The maximum absolute atomic E-state index is 12.0. The molecule has 8 nitrogen and oxygen atoms in total. The second-order valence-corrected chi connectivity index (χ2v) is 6.93. The molecule has 3 fully saturated rings. The van der Waals surface area contributed by atoms with Gasteiger partial charge in [-0.1, -0.05) is 0 Å². The maximum atomic E-state index is 12.0.